The van der Waals surface area contributed by atoms with Gasteiger partial charge in [0.05, 0.1) is 5.70 Å². The van der Waals surface area contributed by atoms with Crippen LogP contribution in [-0.2, 0) is 0 Å². The summed E-state index contributed by atoms with van der Waals surface area (Å²) in [6, 6.07) is 41.8. The van der Waals surface area contributed by atoms with Crippen LogP contribution in [-0.4, -0.2) is 17.5 Å². The molecule has 0 bridgehead atoms. The molecule has 3 nitrogen and oxygen atoms in total. The summed E-state index contributed by atoms with van der Waals surface area (Å²) < 4.78 is 0. The number of pyridine rings is 1. The van der Waals surface area contributed by atoms with Gasteiger partial charge >= 0.3 is 0 Å². The second-order valence-electron chi connectivity index (χ2n) is 12.4. The molecule has 6 rings (SSSR count). The van der Waals surface area contributed by atoms with E-state index >= 15 is 0 Å². The molecule has 0 saturated heterocycles. The van der Waals surface area contributed by atoms with Crippen molar-refractivity contribution in [3.05, 3.63) is 217 Å². The van der Waals surface area contributed by atoms with Crippen molar-refractivity contribution in [1.29, 1.82) is 0 Å². The van der Waals surface area contributed by atoms with Crippen LogP contribution in [0.25, 0.3) is 50.0 Å². The number of allylic oxidation sites excluding steroid dienone is 8. The highest BCUT2D eigenvalue weighted by Gasteiger charge is 2.08. The zero-order valence-corrected chi connectivity index (χ0v) is 29.5. The lowest BCUT2D eigenvalue weighted by Crippen LogP contribution is -1.98. The topological polar surface area (TPSA) is 37.6 Å². The lowest BCUT2D eigenvalue weighted by atomic mass is 9.97. The average molecular weight is 672 g/mol. The molecule has 1 aromatic heterocycles. The maximum Gasteiger partial charge on any atom is 0.159 e. The van der Waals surface area contributed by atoms with E-state index in [-0.39, 0.29) is 0 Å². The summed E-state index contributed by atoms with van der Waals surface area (Å²) in [7, 11) is 0. The Morgan fingerprint density at radius 2 is 1.46 bits per heavy atom. The molecule has 0 N–H and O–H groups in total. The van der Waals surface area contributed by atoms with Crippen LogP contribution >= 0.6 is 0 Å². The lowest BCUT2D eigenvalue weighted by Gasteiger charge is -2.09. The largest absolute Gasteiger partial charge is 0.264 e. The Labute approximate surface area is 307 Å². The first-order valence-corrected chi connectivity index (χ1v) is 17.3. The van der Waals surface area contributed by atoms with E-state index in [1.807, 2.05) is 54.8 Å². The second kappa shape index (κ2) is 17.3. The van der Waals surface area contributed by atoms with E-state index in [1.54, 1.807) is 12.3 Å². The number of hydrogen-bond acceptors (Lipinski definition) is 2. The van der Waals surface area contributed by atoms with Crippen molar-refractivity contribution in [1.82, 2.24) is 4.98 Å². The molecule has 0 aliphatic carbocycles. The molecule has 0 spiro atoms. The molecular weight excluding hydrogens is 631 g/mol. The minimum Gasteiger partial charge on any atom is -0.264 e. The van der Waals surface area contributed by atoms with Crippen molar-refractivity contribution in [2.75, 3.05) is 0 Å². The van der Waals surface area contributed by atoms with E-state index in [2.05, 4.69) is 152 Å². The van der Waals surface area contributed by atoms with Gasteiger partial charge in [0.25, 0.3) is 0 Å². The van der Waals surface area contributed by atoms with Crippen LogP contribution in [0, 0.1) is 0 Å². The fourth-order valence-electron chi connectivity index (χ4n) is 6.01. The van der Waals surface area contributed by atoms with Gasteiger partial charge in [-0.2, -0.15) is 0 Å². The minimum absolute atomic E-state index is 0.492. The Bertz CT molecular complexity index is 2400. The van der Waals surface area contributed by atoms with Crippen molar-refractivity contribution < 1.29 is 0 Å². The predicted molar refractivity (Wildman–Crippen MR) is 226 cm³/mol. The van der Waals surface area contributed by atoms with Gasteiger partial charge in [0, 0.05) is 18.0 Å². The molecule has 0 unspecified atom stereocenters. The summed E-state index contributed by atoms with van der Waals surface area (Å²) in [5, 5.41) is 4.88. The van der Waals surface area contributed by atoms with Crippen LogP contribution in [0.2, 0.25) is 0 Å². The molecule has 252 valence electrons. The molecule has 0 fully saturated rings. The Kier molecular flexibility index (Phi) is 11.7. The molecule has 0 amide bonds. The molecule has 0 atom stereocenters. The third kappa shape index (κ3) is 8.71. The van der Waals surface area contributed by atoms with Crippen molar-refractivity contribution in [3.63, 3.8) is 0 Å². The summed E-state index contributed by atoms with van der Waals surface area (Å²) >= 11 is 0. The van der Waals surface area contributed by atoms with E-state index in [4.69, 9.17) is 4.99 Å². The quantitative estimate of drug-likeness (QED) is 0.0552. The third-order valence-corrected chi connectivity index (χ3v) is 8.82. The van der Waals surface area contributed by atoms with Gasteiger partial charge in [-0.3, -0.25) is 4.98 Å². The SMILES string of the molecule is C=CC(=C\C=C\c1cc2ccccc2c2ccccc12)/C(N=C)=N\C(=C/C/C(C)=C/C=C\C(=C)c1ccccc1)c1ccc(-c2cccnc2)cc1. The molecule has 3 heteroatoms. The van der Waals surface area contributed by atoms with Crippen LogP contribution in [0.4, 0.5) is 0 Å². The number of amidine groups is 1. The van der Waals surface area contributed by atoms with E-state index in [0.717, 1.165) is 44.7 Å². The highest BCUT2D eigenvalue weighted by molar-refractivity contribution is 6.11. The number of hydrogen-bond donors (Lipinski definition) is 0. The van der Waals surface area contributed by atoms with Gasteiger partial charge in [0.2, 0.25) is 0 Å². The molecule has 0 saturated carbocycles. The second-order valence-corrected chi connectivity index (χ2v) is 12.4. The first-order valence-electron chi connectivity index (χ1n) is 17.3. The van der Waals surface area contributed by atoms with E-state index in [1.165, 1.54) is 27.1 Å². The number of nitrogens with zero attached hydrogens (tertiary/aromatic N) is 3. The van der Waals surface area contributed by atoms with Crippen molar-refractivity contribution >= 4 is 51.4 Å². The highest BCUT2D eigenvalue weighted by Crippen LogP contribution is 2.30. The lowest BCUT2D eigenvalue weighted by molar-refractivity contribution is 1.20. The first-order chi connectivity index (χ1) is 25.5. The molecule has 6 aromatic rings. The van der Waals surface area contributed by atoms with Crippen molar-refractivity contribution in [3.8, 4) is 11.1 Å². The maximum atomic E-state index is 5.08. The monoisotopic (exact) mass is 671 g/mol. The standard InChI is InChI=1S/C49H41N3/c1-5-38(21-14-22-43-34-42-20-9-10-24-45(42)47-26-12-11-25-46(43)47)49(50-4)52-48(41-30-28-40(29-31-41)44-23-15-33-51-35-44)32-27-36(2)16-13-17-37(3)39-18-7-6-8-19-39/h5-26,28-35H,1,3-4,27H2,2H3/b17-13-,22-14+,36-16+,38-21+,48-32-,52-49+. The van der Waals surface area contributed by atoms with Gasteiger partial charge in [-0.15, -0.1) is 0 Å². The molecular formula is C49H41N3. The van der Waals surface area contributed by atoms with Gasteiger partial charge in [0.1, 0.15) is 0 Å². The van der Waals surface area contributed by atoms with E-state index in [0.29, 0.717) is 12.3 Å². The third-order valence-electron chi connectivity index (χ3n) is 8.82. The van der Waals surface area contributed by atoms with Gasteiger partial charge in [-0.05, 0) is 87.1 Å². The van der Waals surface area contributed by atoms with Gasteiger partial charge in [-0.1, -0.05) is 177 Å². The highest BCUT2D eigenvalue weighted by atomic mass is 14.9. The molecule has 0 aliphatic rings. The number of benzene rings is 5. The summed E-state index contributed by atoms with van der Waals surface area (Å²) in [6.45, 7) is 14.3. The normalized spacial score (nSPS) is 12.9. The van der Waals surface area contributed by atoms with E-state index in [9.17, 15) is 0 Å². The number of fused-ring (bicyclic) bond motifs is 3. The molecule has 5 aromatic carbocycles. The van der Waals surface area contributed by atoms with Gasteiger partial charge < -0.3 is 0 Å². The Morgan fingerprint density at radius 3 is 2.19 bits per heavy atom. The molecule has 0 aliphatic heterocycles. The van der Waals surface area contributed by atoms with Gasteiger partial charge in [-0.25, -0.2) is 9.98 Å². The van der Waals surface area contributed by atoms with Gasteiger partial charge in [0.15, 0.2) is 5.84 Å². The Balaban J connectivity index is 1.31. The average Bonchev–Trinajstić information content (AvgIpc) is 3.20. The Morgan fingerprint density at radius 1 is 0.731 bits per heavy atom. The minimum atomic E-state index is 0.492. The predicted octanol–water partition coefficient (Wildman–Crippen LogP) is 12.9. The Hall–Kier alpha value is -6.71. The number of aromatic nitrogens is 1. The zero-order valence-electron chi connectivity index (χ0n) is 29.5. The smallest absolute Gasteiger partial charge is 0.159 e. The first kappa shape index (κ1) is 35.1. The van der Waals surface area contributed by atoms with Crippen LogP contribution in [0.1, 0.15) is 30.0 Å². The van der Waals surface area contributed by atoms with E-state index < -0.39 is 0 Å². The summed E-state index contributed by atoms with van der Waals surface area (Å²) in [5.41, 5.74) is 9.05. The van der Waals surface area contributed by atoms with Crippen LogP contribution < -0.4 is 0 Å². The fraction of sp³-hybridized carbons (Fsp3) is 0.0408. The van der Waals surface area contributed by atoms with Crippen LogP contribution in [0.15, 0.2) is 211 Å². The summed E-state index contributed by atoms with van der Waals surface area (Å²) in [5.74, 6) is 0.492. The molecule has 1 heterocycles. The van der Waals surface area contributed by atoms with Crippen molar-refractivity contribution in [2.24, 2.45) is 9.98 Å². The maximum absolute atomic E-state index is 5.08. The fourth-order valence-corrected chi connectivity index (χ4v) is 6.01. The van der Waals surface area contributed by atoms with Crippen molar-refractivity contribution in [2.45, 2.75) is 13.3 Å². The molecule has 52 heavy (non-hydrogen) atoms. The zero-order chi connectivity index (χ0) is 36.1. The summed E-state index contributed by atoms with van der Waals surface area (Å²) in [4.78, 5) is 13.7. The number of rotatable bonds is 12. The number of aliphatic imine (C=N–C) groups is 2. The van der Waals surface area contributed by atoms with Crippen LogP contribution in [0.3, 0.4) is 0 Å². The summed E-state index contributed by atoms with van der Waals surface area (Å²) in [6.07, 6.45) is 20.6. The van der Waals surface area contributed by atoms with Crippen LogP contribution in [0.5, 0.6) is 0 Å². The molecule has 0 radical (unpaired) electrons.